The van der Waals surface area contributed by atoms with Gasteiger partial charge in [-0.15, -0.1) is 0 Å². The lowest BCUT2D eigenvalue weighted by atomic mass is 10.2. The van der Waals surface area contributed by atoms with E-state index >= 15 is 0 Å². The van der Waals surface area contributed by atoms with E-state index in [1.54, 1.807) is 19.1 Å². The minimum absolute atomic E-state index is 0.166. The van der Waals surface area contributed by atoms with Crippen LogP contribution in [0, 0.1) is 0 Å². The Bertz CT molecular complexity index is 344. The lowest BCUT2D eigenvalue weighted by Gasteiger charge is -2.04. The number of benzene rings is 1. The zero-order valence-electron chi connectivity index (χ0n) is 7.69. The van der Waals surface area contributed by atoms with Gasteiger partial charge in [0.05, 0.1) is 0 Å². The molecule has 0 spiro atoms. The smallest absolute Gasteiger partial charge is 0.110 e. The molecule has 0 amide bonds. The topological polar surface area (TPSA) is 58.6 Å². The summed E-state index contributed by atoms with van der Waals surface area (Å²) in [4.78, 5) is 4.58. The van der Waals surface area contributed by atoms with E-state index in [1.807, 2.05) is 12.1 Å². The number of rotatable bonds is 3. The Balaban J connectivity index is 2.68. The Morgan fingerprint density at radius 2 is 2.14 bits per heavy atom. The zero-order chi connectivity index (χ0) is 10.4. The van der Waals surface area contributed by atoms with E-state index in [-0.39, 0.29) is 6.61 Å². The van der Waals surface area contributed by atoms with Gasteiger partial charge in [-0.25, -0.2) is 9.10 Å². The fraction of sp³-hybridized carbons (Fsp3) is 0.222. The molecule has 0 aliphatic rings. The van der Waals surface area contributed by atoms with Gasteiger partial charge in [0, 0.05) is 5.69 Å². The van der Waals surface area contributed by atoms with Crippen LogP contribution in [0.2, 0.25) is 0 Å². The highest BCUT2D eigenvalue weighted by Crippen LogP contribution is 2.09. The molecule has 0 aromatic heterocycles. The number of nitrogens with one attached hydrogen (secondary N) is 1. The Morgan fingerprint density at radius 3 is 2.64 bits per heavy atom. The van der Waals surface area contributed by atoms with Gasteiger partial charge in [-0.05, 0) is 24.6 Å². The highest BCUT2D eigenvalue weighted by Gasteiger charge is 1.95. The molecular formula is C9H11NO3S. The second-order valence-corrected chi connectivity index (χ2v) is 3.51. The Labute approximate surface area is 85.5 Å². The van der Waals surface area contributed by atoms with Crippen molar-refractivity contribution in [1.82, 2.24) is 0 Å². The van der Waals surface area contributed by atoms with E-state index in [2.05, 4.69) is 10.2 Å². The van der Waals surface area contributed by atoms with Crippen LogP contribution < -0.4 is 5.32 Å². The second kappa shape index (κ2) is 5.54. The summed E-state index contributed by atoms with van der Waals surface area (Å²) >= 11 is 0.425. The van der Waals surface area contributed by atoms with Crippen molar-refractivity contribution < 1.29 is 14.4 Å². The Hall–Kier alpha value is -1.17. The van der Waals surface area contributed by atoms with E-state index in [0.29, 0.717) is 16.2 Å². The van der Waals surface area contributed by atoms with E-state index in [1.165, 1.54) is 0 Å². The molecular weight excluding hydrogens is 202 g/mol. The standard InChI is InChI=1S/C9H11NO3S/c1-7(14-12)10-9-4-2-8(3-5-9)6-13-11/h2-5,10-11H,6H2,1H3. The minimum Gasteiger partial charge on any atom is -0.348 e. The molecule has 1 aromatic carbocycles. The van der Waals surface area contributed by atoms with Crippen molar-refractivity contribution in [2.75, 3.05) is 5.32 Å². The molecule has 0 fully saturated rings. The second-order valence-electron chi connectivity index (χ2n) is 2.73. The van der Waals surface area contributed by atoms with Gasteiger partial charge in [0.1, 0.15) is 22.9 Å². The minimum atomic E-state index is 0.166. The number of hydrogen-bond acceptors (Lipinski definition) is 3. The van der Waals surface area contributed by atoms with Gasteiger partial charge < -0.3 is 5.32 Å². The normalized spacial score (nSPS) is 9.57. The largest absolute Gasteiger partial charge is 0.348 e. The number of hydrogen-bond donors (Lipinski definition) is 2. The summed E-state index contributed by atoms with van der Waals surface area (Å²) in [6.07, 6.45) is 0. The van der Waals surface area contributed by atoms with E-state index in [9.17, 15) is 4.21 Å². The van der Waals surface area contributed by atoms with Crippen molar-refractivity contribution in [3.05, 3.63) is 29.8 Å². The van der Waals surface area contributed by atoms with Crippen LogP contribution in [0.25, 0.3) is 0 Å². The van der Waals surface area contributed by atoms with Crippen LogP contribution in [0.3, 0.4) is 0 Å². The van der Waals surface area contributed by atoms with Crippen molar-refractivity contribution in [1.29, 1.82) is 0 Å². The Morgan fingerprint density at radius 1 is 1.50 bits per heavy atom. The maximum atomic E-state index is 10.4. The van der Waals surface area contributed by atoms with Gasteiger partial charge in [-0.2, -0.15) is 0 Å². The summed E-state index contributed by atoms with van der Waals surface area (Å²) in [7, 11) is 0. The Kier molecular flexibility index (Phi) is 4.31. The first kappa shape index (κ1) is 10.9. The predicted molar refractivity (Wildman–Crippen MR) is 56.3 cm³/mol. The molecule has 2 N–H and O–H groups in total. The first-order chi connectivity index (χ1) is 6.76. The molecule has 5 heteroatoms. The first-order valence-electron chi connectivity index (χ1n) is 4.02. The summed E-state index contributed by atoms with van der Waals surface area (Å²) in [5.41, 5.74) is 1.71. The molecule has 4 nitrogen and oxygen atoms in total. The molecule has 1 rings (SSSR count). The third-order valence-corrected chi connectivity index (χ3v) is 1.98. The van der Waals surface area contributed by atoms with Crippen molar-refractivity contribution in [3.8, 4) is 0 Å². The van der Waals surface area contributed by atoms with Gasteiger partial charge >= 0.3 is 0 Å². The molecule has 0 aliphatic heterocycles. The maximum Gasteiger partial charge on any atom is 0.110 e. The van der Waals surface area contributed by atoms with Crippen molar-refractivity contribution >= 4 is 21.9 Å². The lowest BCUT2D eigenvalue weighted by Crippen LogP contribution is -2.06. The van der Waals surface area contributed by atoms with Gasteiger partial charge in [0.25, 0.3) is 0 Å². The summed E-state index contributed by atoms with van der Waals surface area (Å²) in [5, 5.41) is 11.1. The van der Waals surface area contributed by atoms with E-state index < -0.39 is 0 Å². The molecule has 0 saturated heterocycles. The van der Waals surface area contributed by atoms with Gasteiger partial charge in [-0.1, -0.05) is 12.1 Å². The molecule has 0 atom stereocenters. The monoisotopic (exact) mass is 213 g/mol. The van der Waals surface area contributed by atoms with Crippen molar-refractivity contribution in [3.63, 3.8) is 0 Å². The molecule has 1 aromatic rings. The predicted octanol–water partition coefficient (Wildman–Crippen LogP) is 1.45. The molecule has 0 saturated carbocycles. The summed E-state index contributed by atoms with van der Waals surface area (Å²) in [6, 6.07) is 7.24. The lowest BCUT2D eigenvalue weighted by molar-refractivity contribution is -0.253. The average molecular weight is 213 g/mol. The van der Waals surface area contributed by atoms with Crippen molar-refractivity contribution in [2.24, 2.45) is 0 Å². The van der Waals surface area contributed by atoms with Gasteiger partial charge in [-0.3, -0.25) is 5.26 Å². The molecule has 0 aliphatic carbocycles. The van der Waals surface area contributed by atoms with E-state index in [0.717, 1.165) is 11.3 Å². The summed E-state index contributed by atoms with van der Waals surface area (Å²) in [6.45, 7) is 1.88. The highest BCUT2D eigenvalue weighted by molar-refractivity contribution is 7.66. The van der Waals surface area contributed by atoms with Crippen LogP contribution in [0.5, 0.6) is 0 Å². The summed E-state index contributed by atoms with van der Waals surface area (Å²) < 4.78 is 10.4. The van der Waals surface area contributed by atoms with Crippen LogP contribution in [0.15, 0.2) is 24.3 Å². The molecule has 76 valence electrons. The van der Waals surface area contributed by atoms with Gasteiger partial charge in [0.15, 0.2) is 0 Å². The fourth-order valence-corrected chi connectivity index (χ4v) is 1.14. The molecule has 0 radical (unpaired) electrons. The van der Waals surface area contributed by atoms with E-state index in [4.69, 9.17) is 5.26 Å². The SMILES string of the molecule is CC(Nc1ccc(COO)cc1)=S=O. The molecule has 0 bridgehead atoms. The number of anilines is 1. The quantitative estimate of drug-likeness (QED) is 0.453. The van der Waals surface area contributed by atoms with Crippen LogP contribution >= 0.6 is 0 Å². The fourth-order valence-electron chi connectivity index (χ4n) is 0.983. The average Bonchev–Trinajstić information content (AvgIpc) is 2.21. The first-order valence-corrected chi connectivity index (χ1v) is 4.76. The van der Waals surface area contributed by atoms with Crippen LogP contribution in [0.1, 0.15) is 12.5 Å². The molecule has 0 unspecified atom stereocenters. The third-order valence-electron chi connectivity index (χ3n) is 1.63. The molecule has 14 heavy (non-hydrogen) atoms. The van der Waals surface area contributed by atoms with Crippen molar-refractivity contribution in [2.45, 2.75) is 13.5 Å². The summed E-state index contributed by atoms with van der Waals surface area (Å²) in [5.74, 6) is 0. The van der Waals surface area contributed by atoms with Gasteiger partial charge in [0.2, 0.25) is 0 Å². The van der Waals surface area contributed by atoms with Crippen LogP contribution in [-0.4, -0.2) is 14.5 Å². The van der Waals surface area contributed by atoms with Crippen LogP contribution in [-0.2, 0) is 22.8 Å². The third kappa shape index (κ3) is 3.29. The highest BCUT2D eigenvalue weighted by atomic mass is 32.1. The van der Waals surface area contributed by atoms with Crippen LogP contribution in [0.4, 0.5) is 5.69 Å². The zero-order valence-corrected chi connectivity index (χ0v) is 8.50. The molecule has 0 heterocycles. The maximum absolute atomic E-state index is 10.4.